The second kappa shape index (κ2) is 21.5. The first kappa shape index (κ1) is 32.0. The van der Waals surface area contributed by atoms with E-state index in [1.807, 2.05) is 43.6 Å². The van der Waals surface area contributed by atoms with E-state index in [-0.39, 0.29) is 76.6 Å². The van der Waals surface area contributed by atoms with Crippen LogP contribution in [0.15, 0.2) is 0 Å². The number of carbonyl (C=O) groups excluding carboxylic acids is 3. The molecule has 0 aliphatic heterocycles. The second-order valence-corrected chi connectivity index (χ2v) is 8.37. The monoisotopic (exact) mass is 586 g/mol. The first-order valence-electron chi connectivity index (χ1n) is 11.8. The summed E-state index contributed by atoms with van der Waals surface area (Å²) in [6, 6.07) is 0. The predicted octanol–water partition coefficient (Wildman–Crippen LogP) is 1.46. The molecule has 0 aromatic carbocycles. The number of halogens is 1. The maximum atomic E-state index is 11.8. The molecule has 0 unspecified atom stereocenters. The number of rotatable bonds is 22. The molecule has 0 heterocycles. The Labute approximate surface area is 212 Å². The summed E-state index contributed by atoms with van der Waals surface area (Å²) in [5.74, 6) is -0.143. The normalized spacial score (nSPS) is 11.3. The average molecular weight is 587 g/mol. The molecule has 4 N–H and O–H groups in total. The molecule has 3 amide bonds. The van der Waals surface area contributed by atoms with E-state index in [0.29, 0.717) is 19.6 Å². The molecular formula is C22H43IN4O6. The Morgan fingerprint density at radius 1 is 0.636 bits per heavy atom. The fourth-order valence-corrected chi connectivity index (χ4v) is 3.03. The van der Waals surface area contributed by atoms with Crippen LogP contribution in [0.25, 0.3) is 0 Å². The SMILES string of the molecule is CCCNC(=O)CCOCC(COCCC(=O)NCCC)(COCCC(=O)NCCC)NI. The summed E-state index contributed by atoms with van der Waals surface area (Å²) in [5, 5.41) is 8.45. The molecule has 0 rings (SSSR count). The van der Waals surface area contributed by atoms with Gasteiger partial charge in [0.1, 0.15) is 0 Å². The summed E-state index contributed by atoms with van der Waals surface area (Å²) in [4.78, 5) is 35.3. The minimum absolute atomic E-state index is 0.0476. The predicted molar refractivity (Wildman–Crippen MR) is 136 cm³/mol. The number of hydrogen-bond acceptors (Lipinski definition) is 7. The fourth-order valence-electron chi connectivity index (χ4n) is 2.56. The van der Waals surface area contributed by atoms with Crippen LogP contribution >= 0.6 is 22.9 Å². The van der Waals surface area contributed by atoms with Crippen molar-refractivity contribution in [3.05, 3.63) is 0 Å². The lowest BCUT2D eigenvalue weighted by molar-refractivity contribution is -0.122. The third kappa shape index (κ3) is 18.0. The maximum Gasteiger partial charge on any atom is 0.222 e. The zero-order chi connectivity index (χ0) is 24.8. The standard InChI is InChI=1S/C22H43IN4O6/c1-4-10-24-19(28)7-13-31-16-22(27-23,17-32-14-8-20(29)25-11-5-2)18-33-15-9-21(30)26-12-6-3/h27H,4-18H2,1-3H3,(H,24,28)(H,25,29)(H,26,30). The quantitative estimate of drug-likeness (QED) is 0.0860. The lowest BCUT2D eigenvalue weighted by atomic mass is 10.1. The molecule has 10 nitrogen and oxygen atoms in total. The lowest BCUT2D eigenvalue weighted by Gasteiger charge is -2.32. The third-order valence-corrected chi connectivity index (χ3v) is 5.62. The van der Waals surface area contributed by atoms with Crippen molar-refractivity contribution in [3.8, 4) is 0 Å². The molecule has 33 heavy (non-hydrogen) atoms. The molecule has 0 aromatic heterocycles. The summed E-state index contributed by atoms with van der Waals surface area (Å²) in [7, 11) is 0. The highest BCUT2D eigenvalue weighted by Gasteiger charge is 2.31. The minimum atomic E-state index is -0.680. The van der Waals surface area contributed by atoms with Gasteiger partial charge >= 0.3 is 0 Å². The maximum absolute atomic E-state index is 11.8. The largest absolute Gasteiger partial charge is 0.379 e. The molecule has 0 bridgehead atoms. The van der Waals surface area contributed by atoms with E-state index in [1.165, 1.54) is 0 Å². The Kier molecular flexibility index (Phi) is 20.8. The average Bonchev–Trinajstić information content (AvgIpc) is 2.82. The Morgan fingerprint density at radius 2 is 0.939 bits per heavy atom. The van der Waals surface area contributed by atoms with Gasteiger partial charge in [0, 0.05) is 61.8 Å². The molecule has 0 aliphatic carbocycles. The third-order valence-electron chi connectivity index (χ3n) is 4.47. The van der Waals surface area contributed by atoms with E-state index in [9.17, 15) is 14.4 Å². The van der Waals surface area contributed by atoms with Crippen LogP contribution in [0.3, 0.4) is 0 Å². The van der Waals surface area contributed by atoms with Gasteiger partial charge in [0.25, 0.3) is 0 Å². The lowest BCUT2D eigenvalue weighted by Crippen LogP contribution is -2.53. The Balaban J connectivity index is 4.60. The van der Waals surface area contributed by atoms with Crippen molar-refractivity contribution in [2.75, 3.05) is 59.3 Å². The summed E-state index contributed by atoms with van der Waals surface area (Å²) in [6.45, 7) is 9.51. The first-order valence-corrected chi connectivity index (χ1v) is 12.9. The van der Waals surface area contributed by atoms with Gasteiger partial charge in [-0.1, -0.05) is 20.8 Å². The van der Waals surface area contributed by atoms with Crippen molar-refractivity contribution in [1.82, 2.24) is 19.5 Å². The summed E-state index contributed by atoms with van der Waals surface area (Å²) < 4.78 is 20.4. The molecule has 0 fully saturated rings. The van der Waals surface area contributed by atoms with Crippen LogP contribution in [-0.2, 0) is 28.6 Å². The zero-order valence-electron chi connectivity index (χ0n) is 20.4. The van der Waals surface area contributed by atoms with Crippen molar-refractivity contribution in [1.29, 1.82) is 0 Å². The van der Waals surface area contributed by atoms with Crippen LogP contribution in [0.4, 0.5) is 0 Å². The molecule has 0 atom stereocenters. The number of ether oxygens (including phenoxy) is 3. The van der Waals surface area contributed by atoms with Crippen LogP contribution in [0.1, 0.15) is 59.3 Å². The van der Waals surface area contributed by atoms with Crippen LogP contribution in [-0.4, -0.2) is 82.5 Å². The number of hydrogen-bond donors (Lipinski definition) is 4. The highest BCUT2D eigenvalue weighted by atomic mass is 127. The van der Waals surface area contributed by atoms with Gasteiger partial charge < -0.3 is 30.2 Å². The molecule has 0 aliphatic rings. The number of carbonyl (C=O) groups is 3. The van der Waals surface area contributed by atoms with E-state index in [1.54, 1.807) is 0 Å². The Hall–Kier alpha value is -1.02. The van der Waals surface area contributed by atoms with E-state index in [2.05, 4.69) is 19.5 Å². The minimum Gasteiger partial charge on any atom is -0.379 e. The highest BCUT2D eigenvalue weighted by molar-refractivity contribution is 14.1. The van der Waals surface area contributed by atoms with Gasteiger partial charge in [0.05, 0.1) is 45.2 Å². The van der Waals surface area contributed by atoms with Gasteiger partial charge in [-0.05, 0) is 19.3 Å². The highest BCUT2D eigenvalue weighted by Crippen LogP contribution is 2.12. The molecule has 0 saturated carbocycles. The first-order chi connectivity index (χ1) is 15.9. The number of nitrogens with one attached hydrogen (secondary N) is 4. The molecule has 0 aromatic rings. The van der Waals surface area contributed by atoms with Crippen LogP contribution < -0.4 is 19.5 Å². The van der Waals surface area contributed by atoms with Gasteiger partial charge in [0.2, 0.25) is 17.7 Å². The van der Waals surface area contributed by atoms with E-state index < -0.39 is 5.54 Å². The van der Waals surface area contributed by atoms with E-state index in [0.717, 1.165) is 19.3 Å². The molecule has 0 spiro atoms. The smallest absolute Gasteiger partial charge is 0.222 e. The summed E-state index contributed by atoms with van der Waals surface area (Å²) >= 11 is 2.02. The molecule has 0 radical (unpaired) electrons. The van der Waals surface area contributed by atoms with Crippen molar-refractivity contribution in [3.63, 3.8) is 0 Å². The molecular weight excluding hydrogens is 543 g/mol. The van der Waals surface area contributed by atoms with E-state index in [4.69, 9.17) is 14.2 Å². The Morgan fingerprint density at radius 3 is 1.18 bits per heavy atom. The molecule has 0 saturated heterocycles. The van der Waals surface area contributed by atoms with Crippen molar-refractivity contribution >= 4 is 40.6 Å². The van der Waals surface area contributed by atoms with Crippen LogP contribution in [0, 0.1) is 0 Å². The van der Waals surface area contributed by atoms with E-state index >= 15 is 0 Å². The van der Waals surface area contributed by atoms with Crippen LogP contribution in [0.5, 0.6) is 0 Å². The molecule has 194 valence electrons. The van der Waals surface area contributed by atoms with Crippen molar-refractivity contribution < 1.29 is 28.6 Å². The van der Waals surface area contributed by atoms with Gasteiger partial charge in [-0.15, -0.1) is 0 Å². The topological polar surface area (TPSA) is 127 Å². The van der Waals surface area contributed by atoms with Gasteiger partial charge in [0.15, 0.2) is 0 Å². The summed E-state index contributed by atoms with van der Waals surface area (Å²) in [5.41, 5.74) is -0.680. The second-order valence-electron chi connectivity index (χ2n) is 7.83. The van der Waals surface area contributed by atoms with Gasteiger partial charge in [-0.2, -0.15) is 0 Å². The molecule has 11 heteroatoms. The van der Waals surface area contributed by atoms with Gasteiger partial charge in [-0.3, -0.25) is 14.4 Å². The van der Waals surface area contributed by atoms with Gasteiger partial charge in [-0.25, -0.2) is 3.53 Å². The van der Waals surface area contributed by atoms with Crippen LogP contribution in [0.2, 0.25) is 0 Å². The van der Waals surface area contributed by atoms with Crippen molar-refractivity contribution in [2.24, 2.45) is 0 Å². The van der Waals surface area contributed by atoms with Crippen molar-refractivity contribution in [2.45, 2.75) is 64.8 Å². The zero-order valence-corrected chi connectivity index (χ0v) is 22.6. The number of amides is 3. The summed E-state index contributed by atoms with van der Waals surface area (Å²) in [6.07, 6.45) is 3.47. The Bertz CT molecular complexity index is 470. The fraction of sp³-hybridized carbons (Fsp3) is 0.864.